The molecule has 1 aliphatic heterocycles. The molecule has 3 N–H and O–H groups in total. The number of piperidine rings is 1. The first-order valence-electron chi connectivity index (χ1n) is 12.1. The Morgan fingerprint density at radius 1 is 0.917 bits per heavy atom. The number of aliphatic hydroxyl groups is 1. The topological polar surface area (TPSA) is 58.7 Å². The van der Waals surface area contributed by atoms with Crippen LogP contribution in [-0.2, 0) is 6.42 Å². The number of halogens is 3. The summed E-state index contributed by atoms with van der Waals surface area (Å²) in [4.78, 5) is 2.33. The van der Waals surface area contributed by atoms with E-state index >= 15 is 0 Å². The van der Waals surface area contributed by atoms with Crippen LogP contribution < -0.4 is 10.5 Å². The largest absolute Gasteiger partial charge is 0.491 e. The molecule has 1 atom stereocenters. The minimum Gasteiger partial charge on any atom is -0.491 e. The highest BCUT2D eigenvalue weighted by atomic mass is 35.5. The summed E-state index contributed by atoms with van der Waals surface area (Å²) in [6.45, 7) is 6.82. The molecule has 0 amide bonds. The Kier molecular flexibility index (Phi) is 11.5. The van der Waals surface area contributed by atoms with Gasteiger partial charge in [0.1, 0.15) is 24.3 Å². The van der Waals surface area contributed by atoms with Gasteiger partial charge in [0, 0.05) is 12.2 Å². The van der Waals surface area contributed by atoms with Gasteiger partial charge in [-0.1, -0.05) is 36.4 Å². The van der Waals surface area contributed by atoms with E-state index in [2.05, 4.69) is 29.2 Å². The Hall–Kier alpha value is -2.31. The van der Waals surface area contributed by atoms with Crippen LogP contribution in [0.3, 0.4) is 0 Å². The quantitative estimate of drug-likeness (QED) is 0.344. The summed E-state index contributed by atoms with van der Waals surface area (Å²) in [5.74, 6) is 1.13. The van der Waals surface area contributed by atoms with Gasteiger partial charge < -0.3 is 20.5 Å². The highest BCUT2D eigenvalue weighted by Gasteiger charge is 2.22. The third-order valence-electron chi connectivity index (χ3n) is 7.04. The fourth-order valence-electron chi connectivity index (χ4n) is 4.70. The summed E-state index contributed by atoms with van der Waals surface area (Å²) in [6, 6.07) is 19.3. The Morgan fingerprint density at radius 3 is 2.11 bits per heavy atom. The second-order valence-electron chi connectivity index (χ2n) is 9.49. The molecule has 1 fully saturated rings. The van der Waals surface area contributed by atoms with Crippen LogP contribution in [0.1, 0.15) is 46.6 Å². The van der Waals surface area contributed by atoms with Gasteiger partial charge in [-0.2, -0.15) is 0 Å². The molecule has 7 heteroatoms. The third kappa shape index (κ3) is 7.84. The van der Waals surface area contributed by atoms with Crippen LogP contribution in [0.15, 0.2) is 60.7 Å². The molecule has 1 heterocycles. The van der Waals surface area contributed by atoms with Gasteiger partial charge in [-0.25, -0.2) is 4.39 Å². The molecule has 36 heavy (non-hydrogen) atoms. The Bertz CT molecular complexity index is 1090. The van der Waals surface area contributed by atoms with E-state index in [9.17, 15) is 9.50 Å². The summed E-state index contributed by atoms with van der Waals surface area (Å²) in [5.41, 5.74) is 12.5. The lowest BCUT2D eigenvalue weighted by Gasteiger charge is -2.33. The lowest BCUT2D eigenvalue weighted by molar-refractivity contribution is 0.0592. The number of nitrogens with zero attached hydrogens (tertiary/aromatic N) is 1. The number of β-amino-alcohol motifs (C(OH)–C–C–N with tert-alkyl or cyclic N) is 1. The van der Waals surface area contributed by atoms with Crippen molar-refractivity contribution >= 4 is 30.5 Å². The third-order valence-corrected chi connectivity index (χ3v) is 7.04. The van der Waals surface area contributed by atoms with Crippen molar-refractivity contribution in [2.24, 2.45) is 0 Å². The normalized spacial score (nSPS) is 15.0. The Morgan fingerprint density at radius 2 is 1.50 bits per heavy atom. The monoisotopic (exact) mass is 534 g/mol. The molecule has 1 aliphatic rings. The molecular formula is C29H37Cl2FN2O2. The zero-order valence-corrected chi connectivity index (χ0v) is 22.6. The summed E-state index contributed by atoms with van der Waals surface area (Å²) >= 11 is 0. The smallest absolute Gasteiger partial charge is 0.123 e. The van der Waals surface area contributed by atoms with Gasteiger partial charge >= 0.3 is 0 Å². The van der Waals surface area contributed by atoms with E-state index in [-0.39, 0.29) is 37.2 Å². The van der Waals surface area contributed by atoms with E-state index in [1.165, 1.54) is 23.3 Å². The molecule has 0 saturated carbocycles. The van der Waals surface area contributed by atoms with E-state index in [1.807, 2.05) is 38.1 Å². The van der Waals surface area contributed by atoms with E-state index in [0.717, 1.165) is 60.5 Å². The second-order valence-corrected chi connectivity index (χ2v) is 9.49. The van der Waals surface area contributed by atoms with Crippen molar-refractivity contribution in [3.05, 3.63) is 94.3 Å². The predicted molar refractivity (Wildman–Crippen MR) is 150 cm³/mol. The van der Waals surface area contributed by atoms with E-state index < -0.39 is 6.10 Å². The first-order valence-corrected chi connectivity index (χ1v) is 12.1. The second kappa shape index (κ2) is 13.8. The van der Waals surface area contributed by atoms with Crippen LogP contribution in [-0.4, -0.2) is 42.4 Å². The number of anilines is 1. The molecule has 0 bridgehead atoms. The summed E-state index contributed by atoms with van der Waals surface area (Å²) in [6.07, 6.45) is 2.45. The van der Waals surface area contributed by atoms with Crippen molar-refractivity contribution < 1.29 is 14.2 Å². The molecular weight excluding hydrogens is 498 g/mol. The number of hydrogen-bond acceptors (Lipinski definition) is 4. The van der Waals surface area contributed by atoms with Crippen molar-refractivity contribution in [3.63, 3.8) is 0 Å². The lowest BCUT2D eigenvalue weighted by Crippen LogP contribution is -2.40. The molecule has 0 spiro atoms. The van der Waals surface area contributed by atoms with Crippen molar-refractivity contribution in [2.45, 2.75) is 45.1 Å². The van der Waals surface area contributed by atoms with Crippen molar-refractivity contribution in [1.29, 1.82) is 0 Å². The number of likely N-dealkylation sites (tertiary alicyclic amines) is 1. The number of benzene rings is 3. The van der Waals surface area contributed by atoms with Gasteiger partial charge in [-0.05, 0) is 104 Å². The average Bonchev–Trinajstić information content (AvgIpc) is 2.84. The van der Waals surface area contributed by atoms with Gasteiger partial charge in [0.2, 0.25) is 0 Å². The summed E-state index contributed by atoms with van der Waals surface area (Å²) in [5, 5.41) is 10.5. The molecule has 0 aliphatic carbocycles. The van der Waals surface area contributed by atoms with Gasteiger partial charge in [0.05, 0.1) is 0 Å². The maximum absolute atomic E-state index is 13.1. The van der Waals surface area contributed by atoms with Crippen LogP contribution in [0.4, 0.5) is 10.1 Å². The minimum absolute atomic E-state index is 0. The highest BCUT2D eigenvalue weighted by molar-refractivity contribution is 5.85. The number of ether oxygens (including phenoxy) is 1. The first-order chi connectivity index (χ1) is 16.4. The fraction of sp³-hybridized carbons (Fsp3) is 0.379. The molecule has 196 valence electrons. The summed E-state index contributed by atoms with van der Waals surface area (Å²) < 4.78 is 19.0. The van der Waals surface area contributed by atoms with Gasteiger partial charge in [0.15, 0.2) is 0 Å². The summed E-state index contributed by atoms with van der Waals surface area (Å²) in [7, 11) is 0. The first kappa shape index (κ1) is 29.9. The zero-order chi connectivity index (χ0) is 24.1. The Balaban J connectivity index is 0.00000228. The minimum atomic E-state index is -0.528. The zero-order valence-electron chi connectivity index (χ0n) is 21.0. The number of hydrogen-bond donors (Lipinski definition) is 2. The molecule has 4 rings (SSSR count). The average molecular weight is 536 g/mol. The van der Waals surface area contributed by atoms with Crippen LogP contribution in [0.5, 0.6) is 5.75 Å². The predicted octanol–water partition coefficient (Wildman–Crippen LogP) is 6.08. The highest BCUT2D eigenvalue weighted by Crippen LogP contribution is 2.29. The van der Waals surface area contributed by atoms with Crippen LogP contribution in [0, 0.1) is 19.7 Å². The van der Waals surface area contributed by atoms with Crippen LogP contribution in [0.2, 0.25) is 0 Å². The van der Waals surface area contributed by atoms with Crippen LogP contribution in [0.25, 0.3) is 0 Å². The van der Waals surface area contributed by atoms with E-state index in [0.29, 0.717) is 12.5 Å². The van der Waals surface area contributed by atoms with E-state index in [1.54, 1.807) is 0 Å². The molecule has 0 aromatic heterocycles. The molecule has 0 radical (unpaired) electrons. The van der Waals surface area contributed by atoms with Crippen molar-refractivity contribution in [1.82, 2.24) is 4.90 Å². The number of nitrogen functional groups attached to an aromatic ring is 1. The Labute approximate surface area is 226 Å². The molecule has 1 saturated heterocycles. The van der Waals surface area contributed by atoms with Gasteiger partial charge in [0.25, 0.3) is 0 Å². The maximum atomic E-state index is 13.1. The maximum Gasteiger partial charge on any atom is 0.123 e. The molecule has 3 aromatic carbocycles. The standard InChI is InChI=1S/C29H35FN2O2.2ClH/c1-20-21(2)29(12-11-28(20)31)34-19-27(33)18-32-15-13-25(14-16-32)24-7-3-22(4-8-24)17-23-5-9-26(30)10-6-23;;/h3-12,25,27,33H,13-19,31H2,1-2H3;2*1H. The van der Waals surface area contributed by atoms with Crippen molar-refractivity contribution in [3.8, 4) is 5.75 Å². The number of rotatable bonds is 8. The van der Waals surface area contributed by atoms with Gasteiger partial charge in [-0.3, -0.25) is 0 Å². The molecule has 1 unspecified atom stereocenters. The molecule has 4 nitrogen and oxygen atoms in total. The fourth-order valence-corrected chi connectivity index (χ4v) is 4.70. The lowest BCUT2D eigenvalue weighted by atomic mass is 9.88. The SMILES string of the molecule is Cc1c(N)ccc(OCC(O)CN2CCC(c3ccc(Cc4ccc(F)cc4)cc3)CC2)c1C.Cl.Cl. The van der Waals surface area contributed by atoms with Crippen LogP contribution >= 0.6 is 24.8 Å². The van der Waals surface area contributed by atoms with Crippen molar-refractivity contribution in [2.75, 3.05) is 32.0 Å². The number of nitrogens with two attached hydrogens (primary N) is 1. The van der Waals surface area contributed by atoms with Gasteiger partial charge in [-0.15, -0.1) is 24.8 Å². The molecule has 3 aromatic rings. The number of aliphatic hydroxyl groups excluding tert-OH is 1. The van der Waals surface area contributed by atoms with E-state index in [4.69, 9.17) is 10.5 Å².